The van der Waals surface area contributed by atoms with Crippen molar-refractivity contribution in [2.24, 2.45) is 5.92 Å². The van der Waals surface area contributed by atoms with Crippen LogP contribution in [0.3, 0.4) is 0 Å². The average molecular weight is 478 g/mol. The minimum Gasteiger partial charge on any atom is -0.294 e. The highest BCUT2D eigenvalue weighted by atomic mass is 19.1. The van der Waals surface area contributed by atoms with E-state index in [0.717, 1.165) is 34.4 Å². The van der Waals surface area contributed by atoms with Crippen molar-refractivity contribution >= 4 is 11.4 Å². The molecule has 3 aromatic carbocycles. The molecule has 182 valence electrons. The highest BCUT2D eigenvalue weighted by Crippen LogP contribution is 2.28. The molecule has 0 N–H and O–H groups in total. The Kier molecular flexibility index (Phi) is 8.22. The summed E-state index contributed by atoms with van der Waals surface area (Å²) in [7, 11) is 0. The van der Waals surface area contributed by atoms with Crippen molar-refractivity contribution < 1.29 is 9.18 Å². The summed E-state index contributed by atoms with van der Waals surface area (Å²) in [5.74, 6) is -0.390. The summed E-state index contributed by atoms with van der Waals surface area (Å²) >= 11 is 0. The van der Waals surface area contributed by atoms with Gasteiger partial charge in [0.2, 0.25) is 0 Å². The highest BCUT2D eigenvalue weighted by molar-refractivity contribution is 6.01. The van der Waals surface area contributed by atoms with Gasteiger partial charge in [0, 0.05) is 17.0 Å². The van der Waals surface area contributed by atoms with E-state index < -0.39 is 0 Å². The molecule has 4 aromatic rings. The fourth-order valence-corrected chi connectivity index (χ4v) is 4.43. The first-order chi connectivity index (χ1) is 17.4. The molecule has 1 aromatic heterocycles. The van der Waals surface area contributed by atoms with Crippen LogP contribution in [-0.4, -0.2) is 10.8 Å². The normalized spacial score (nSPS) is 11.8. The molecule has 2 nitrogen and oxygen atoms in total. The number of benzene rings is 3. The predicted octanol–water partition coefficient (Wildman–Crippen LogP) is 8.16. The molecule has 0 radical (unpaired) electrons. The summed E-state index contributed by atoms with van der Waals surface area (Å²) in [6, 6.07) is 28.8. The molecule has 0 spiro atoms. The van der Waals surface area contributed by atoms with E-state index in [1.165, 1.54) is 11.6 Å². The number of ketones is 1. The largest absolute Gasteiger partial charge is 0.294 e. The molecule has 0 amide bonds. The standard InChI is InChI=1S/C33H32FNO/c1-4-25-15-17-27(18-16-25)21-24(3)33(36)30-19-20-31(28-10-6-5-7-11-28)35-32(30)23(2)13-14-26-9-8-12-29(34)22-26/h5-12,15-20,22,24H,2,4,13-14,21H2,1,3H3. The molecular formula is C33H32FNO. The van der Waals surface area contributed by atoms with Crippen molar-refractivity contribution in [1.82, 2.24) is 4.98 Å². The number of hydrogen-bond donors (Lipinski definition) is 0. The van der Waals surface area contributed by atoms with E-state index in [9.17, 15) is 9.18 Å². The van der Waals surface area contributed by atoms with Crippen LogP contribution in [0.2, 0.25) is 0 Å². The Bertz CT molecular complexity index is 1340. The summed E-state index contributed by atoms with van der Waals surface area (Å²) in [5.41, 5.74) is 7.12. The monoisotopic (exact) mass is 477 g/mol. The number of carbonyl (C=O) groups excluding carboxylic acids is 1. The van der Waals surface area contributed by atoms with Gasteiger partial charge in [0.1, 0.15) is 5.82 Å². The predicted molar refractivity (Wildman–Crippen MR) is 146 cm³/mol. The van der Waals surface area contributed by atoms with E-state index in [0.29, 0.717) is 30.5 Å². The van der Waals surface area contributed by atoms with Gasteiger partial charge in [-0.2, -0.15) is 0 Å². The molecule has 0 saturated heterocycles. The summed E-state index contributed by atoms with van der Waals surface area (Å²) < 4.78 is 13.7. The maximum atomic E-state index is 13.7. The number of rotatable bonds is 10. The summed E-state index contributed by atoms with van der Waals surface area (Å²) in [6.07, 6.45) is 2.87. The SMILES string of the molecule is C=C(CCc1cccc(F)c1)c1nc(-c2ccccc2)ccc1C(=O)C(C)Cc1ccc(CC)cc1. The number of aryl methyl sites for hydroxylation is 2. The lowest BCUT2D eigenvalue weighted by atomic mass is 9.89. The van der Waals surface area contributed by atoms with Crippen LogP contribution in [0.15, 0.2) is 97.6 Å². The van der Waals surface area contributed by atoms with Gasteiger partial charge in [0.25, 0.3) is 0 Å². The van der Waals surface area contributed by atoms with Gasteiger partial charge in [-0.05, 0) is 72.2 Å². The van der Waals surface area contributed by atoms with Crippen molar-refractivity contribution in [3.63, 3.8) is 0 Å². The Balaban J connectivity index is 1.61. The molecule has 1 unspecified atom stereocenters. The summed E-state index contributed by atoms with van der Waals surface area (Å²) in [5, 5.41) is 0. The summed E-state index contributed by atoms with van der Waals surface area (Å²) in [6.45, 7) is 8.40. The van der Waals surface area contributed by atoms with Crippen LogP contribution in [0.5, 0.6) is 0 Å². The van der Waals surface area contributed by atoms with Crippen LogP contribution in [0.1, 0.15) is 53.0 Å². The van der Waals surface area contributed by atoms with Crippen LogP contribution in [-0.2, 0) is 19.3 Å². The first-order valence-corrected chi connectivity index (χ1v) is 12.6. The Hall–Kier alpha value is -3.85. The van der Waals surface area contributed by atoms with Crippen LogP contribution in [0, 0.1) is 11.7 Å². The molecule has 0 saturated carbocycles. The van der Waals surface area contributed by atoms with E-state index in [2.05, 4.69) is 37.8 Å². The molecule has 0 aliphatic rings. The number of pyridine rings is 1. The topological polar surface area (TPSA) is 30.0 Å². The molecule has 0 aliphatic heterocycles. The number of carbonyl (C=O) groups is 1. The fraction of sp³-hybridized carbons (Fsp3) is 0.212. The lowest BCUT2D eigenvalue weighted by molar-refractivity contribution is 0.0928. The Morgan fingerprint density at radius 2 is 1.61 bits per heavy atom. The third kappa shape index (κ3) is 6.23. The molecule has 1 atom stereocenters. The Morgan fingerprint density at radius 3 is 2.31 bits per heavy atom. The van der Waals surface area contributed by atoms with Gasteiger partial charge < -0.3 is 0 Å². The molecule has 1 heterocycles. The number of allylic oxidation sites excluding steroid dienone is 1. The van der Waals surface area contributed by atoms with Gasteiger partial charge >= 0.3 is 0 Å². The van der Waals surface area contributed by atoms with Crippen LogP contribution >= 0.6 is 0 Å². The molecule has 0 fully saturated rings. The zero-order valence-corrected chi connectivity index (χ0v) is 21.0. The summed E-state index contributed by atoms with van der Waals surface area (Å²) in [4.78, 5) is 18.5. The first-order valence-electron chi connectivity index (χ1n) is 12.6. The zero-order valence-electron chi connectivity index (χ0n) is 21.0. The van der Waals surface area contributed by atoms with Crippen molar-refractivity contribution in [3.8, 4) is 11.3 Å². The number of Topliss-reactive ketones (excluding diaryl/α,β-unsaturated/α-hetero) is 1. The lowest BCUT2D eigenvalue weighted by Crippen LogP contribution is -2.17. The van der Waals surface area contributed by atoms with Gasteiger partial charge in [-0.15, -0.1) is 0 Å². The van der Waals surface area contributed by atoms with Crippen molar-refractivity contribution in [3.05, 3.63) is 131 Å². The minimum atomic E-state index is -0.251. The third-order valence-electron chi connectivity index (χ3n) is 6.59. The average Bonchev–Trinajstić information content (AvgIpc) is 2.92. The van der Waals surface area contributed by atoms with E-state index in [4.69, 9.17) is 4.98 Å². The highest BCUT2D eigenvalue weighted by Gasteiger charge is 2.22. The second kappa shape index (κ2) is 11.7. The molecule has 0 bridgehead atoms. The quantitative estimate of drug-likeness (QED) is 0.216. The maximum absolute atomic E-state index is 13.7. The van der Waals surface area contributed by atoms with Crippen molar-refractivity contribution in [2.45, 2.75) is 39.5 Å². The Morgan fingerprint density at radius 1 is 0.889 bits per heavy atom. The Labute approximate surface area is 213 Å². The van der Waals surface area contributed by atoms with Crippen molar-refractivity contribution in [2.75, 3.05) is 0 Å². The number of halogens is 1. The molecular weight excluding hydrogens is 445 g/mol. The first kappa shape index (κ1) is 25.2. The van der Waals surface area contributed by atoms with Gasteiger partial charge in [0.15, 0.2) is 5.78 Å². The molecule has 36 heavy (non-hydrogen) atoms. The van der Waals surface area contributed by atoms with Gasteiger partial charge in [-0.3, -0.25) is 4.79 Å². The third-order valence-corrected chi connectivity index (χ3v) is 6.59. The molecule has 0 aliphatic carbocycles. The van der Waals surface area contributed by atoms with E-state index >= 15 is 0 Å². The van der Waals surface area contributed by atoms with E-state index in [1.54, 1.807) is 12.1 Å². The zero-order chi connectivity index (χ0) is 25.5. The van der Waals surface area contributed by atoms with Gasteiger partial charge in [0.05, 0.1) is 11.4 Å². The van der Waals surface area contributed by atoms with Crippen LogP contribution < -0.4 is 0 Å². The molecule has 3 heteroatoms. The van der Waals surface area contributed by atoms with Gasteiger partial charge in [-0.1, -0.05) is 87.2 Å². The second-order valence-electron chi connectivity index (χ2n) is 9.33. The van der Waals surface area contributed by atoms with Gasteiger partial charge in [-0.25, -0.2) is 9.37 Å². The fourth-order valence-electron chi connectivity index (χ4n) is 4.43. The number of hydrogen-bond acceptors (Lipinski definition) is 2. The number of nitrogens with zero attached hydrogens (tertiary/aromatic N) is 1. The molecule has 4 rings (SSSR count). The van der Waals surface area contributed by atoms with Crippen LogP contribution in [0.4, 0.5) is 4.39 Å². The van der Waals surface area contributed by atoms with E-state index in [-0.39, 0.29) is 17.5 Å². The smallest absolute Gasteiger partial charge is 0.168 e. The van der Waals surface area contributed by atoms with Crippen LogP contribution in [0.25, 0.3) is 16.8 Å². The number of aromatic nitrogens is 1. The second-order valence-corrected chi connectivity index (χ2v) is 9.33. The van der Waals surface area contributed by atoms with E-state index in [1.807, 2.05) is 55.5 Å². The maximum Gasteiger partial charge on any atom is 0.168 e. The lowest BCUT2D eigenvalue weighted by Gasteiger charge is -2.16. The minimum absolute atomic E-state index is 0.0589. The van der Waals surface area contributed by atoms with Crippen molar-refractivity contribution in [1.29, 1.82) is 0 Å².